The van der Waals surface area contributed by atoms with Gasteiger partial charge in [0.15, 0.2) is 0 Å². The molecule has 0 aliphatic carbocycles. The first kappa shape index (κ1) is 13.4. The summed E-state index contributed by atoms with van der Waals surface area (Å²) >= 11 is 3.49. The highest BCUT2D eigenvalue weighted by molar-refractivity contribution is 9.09. The minimum absolute atomic E-state index is 0.0561. The van der Waals surface area contributed by atoms with E-state index in [1.165, 1.54) is 12.8 Å². The van der Waals surface area contributed by atoms with E-state index in [1.807, 2.05) is 4.90 Å². The Bertz CT molecular complexity index is 422. The molecule has 4 heteroatoms. The average molecular weight is 312 g/mol. The van der Waals surface area contributed by atoms with Crippen molar-refractivity contribution in [2.24, 2.45) is 0 Å². The molecule has 1 heterocycles. The van der Waals surface area contributed by atoms with E-state index < -0.39 is 0 Å². The summed E-state index contributed by atoms with van der Waals surface area (Å²) in [5.74, 6) is 0.0134. The fourth-order valence-electron chi connectivity index (χ4n) is 2.41. The molecule has 0 aromatic heterocycles. The number of halogens is 1. The summed E-state index contributed by atoms with van der Waals surface area (Å²) in [6.45, 7) is 0.781. The van der Waals surface area contributed by atoms with E-state index in [0.29, 0.717) is 5.56 Å². The molecule has 2 rings (SSSR count). The molecule has 1 unspecified atom stereocenters. The van der Waals surface area contributed by atoms with Crippen molar-refractivity contribution in [1.82, 2.24) is 4.90 Å². The Kier molecular flexibility index (Phi) is 4.64. The number of carbonyl (C=O) groups excluding carboxylic acids is 1. The summed E-state index contributed by atoms with van der Waals surface area (Å²) in [5.41, 5.74) is 0.408. The normalized spacial score (nSPS) is 20.5. The molecule has 1 aromatic rings. The van der Waals surface area contributed by atoms with Crippen LogP contribution < -0.4 is 0 Å². The van der Waals surface area contributed by atoms with E-state index in [-0.39, 0.29) is 17.7 Å². The van der Waals surface area contributed by atoms with Crippen molar-refractivity contribution >= 4 is 21.8 Å². The van der Waals surface area contributed by atoms with Crippen LogP contribution >= 0.6 is 15.9 Å². The Morgan fingerprint density at radius 1 is 1.33 bits per heavy atom. The maximum absolute atomic E-state index is 12.5. The van der Waals surface area contributed by atoms with Crippen LogP contribution in [0.3, 0.4) is 0 Å². The highest BCUT2D eigenvalue weighted by Crippen LogP contribution is 2.24. The number of nitrogens with zero attached hydrogens (tertiary/aromatic N) is 1. The van der Waals surface area contributed by atoms with E-state index in [0.717, 1.165) is 24.7 Å². The SMILES string of the molecule is O=C(c1ccccc1O)N1CCCCCC1CBr. The molecule has 0 spiro atoms. The molecule has 1 aromatic carbocycles. The molecular weight excluding hydrogens is 294 g/mol. The highest BCUT2D eigenvalue weighted by Gasteiger charge is 2.26. The third-order valence-corrected chi connectivity index (χ3v) is 4.20. The van der Waals surface area contributed by atoms with Crippen LogP contribution in [0.1, 0.15) is 36.0 Å². The lowest BCUT2D eigenvalue weighted by Crippen LogP contribution is -2.41. The summed E-state index contributed by atoms with van der Waals surface area (Å²) in [6.07, 6.45) is 4.42. The van der Waals surface area contributed by atoms with E-state index in [4.69, 9.17) is 0 Å². The number of phenolic OH excluding ortho intramolecular Hbond substituents is 1. The summed E-state index contributed by atoms with van der Waals surface area (Å²) in [4.78, 5) is 14.4. The number of hydrogen-bond donors (Lipinski definition) is 1. The number of hydrogen-bond acceptors (Lipinski definition) is 2. The lowest BCUT2D eigenvalue weighted by Gasteiger charge is -2.29. The smallest absolute Gasteiger partial charge is 0.257 e. The lowest BCUT2D eigenvalue weighted by atomic mass is 10.1. The van der Waals surface area contributed by atoms with Crippen LogP contribution in [0.4, 0.5) is 0 Å². The van der Waals surface area contributed by atoms with Crippen LogP contribution in [-0.4, -0.2) is 33.8 Å². The second-order valence-electron chi connectivity index (χ2n) is 4.67. The molecule has 0 bridgehead atoms. The van der Waals surface area contributed by atoms with Gasteiger partial charge in [0, 0.05) is 17.9 Å². The number of amides is 1. The van der Waals surface area contributed by atoms with Crippen molar-refractivity contribution in [3.63, 3.8) is 0 Å². The quantitative estimate of drug-likeness (QED) is 0.852. The molecule has 1 saturated heterocycles. The minimum Gasteiger partial charge on any atom is -0.507 e. The average Bonchev–Trinajstić information content (AvgIpc) is 2.63. The molecule has 1 fully saturated rings. The number of likely N-dealkylation sites (tertiary alicyclic amines) is 1. The van der Waals surface area contributed by atoms with Gasteiger partial charge in [-0.1, -0.05) is 40.9 Å². The molecule has 1 aliphatic rings. The second-order valence-corrected chi connectivity index (χ2v) is 5.32. The maximum atomic E-state index is 12.5. The van der Waals surface area contributed by atoms with Gasteiger partial charge in [0.1, 0.15) is 5.75 Å². The molecule has 1 amide bonds. The Labute approximate surface area is 116 Å². The fourth-order valence-corrected chi connectivity index (χ4v) is 3.09. The molecule has 1 aliphatic heterocycles. The number of alkyl halides is 1. The second kappa shape index (κ2) is 6.23. The Balaban J connectivity index is 2.23. The number of carbonyl (C=O) groups is 1. The van der Waals surface area contributed by atoms with Gasteiger partial charge in [-0.05, 0) is 25.0 Å². The van der Waals surface area contributed by atoms with Crippen LogP contribution in [0.2, 0.25) is 0 Å². The zero-order chi connectivity index (χ0) is 13.0. The third-order valence-electron chi connectivity index (χ3n) is 3.45. The van der Waals surface area contributed by atoms with Gasteiger partial charge in [0.05, 0.1) is 5.56 Å². The standard InChI is InChI=1S/C14H18BrNO2/c15-10-11-6-2-1-5-9-16(11)14(18)12-7-3-4-8-13(12)17/h3-4,7-8,11,17H,1-2,5-6,9-10H2. The van der Waals surface area contributed by atoms with Crippen molar-refractivity contribution in [2.45, 2.75) is 31.7 Å². The summed E-state index contributed by atoms with van der Waals surface area (Å²) in [7, 11) is 0. The van der Waals surface area contributed by atoms with Crippen LogP contribution in [0, 0.1) is 0 Å². The monoisotopic (exact) mass is 311 g/mol. The Morgan fingerprint density at radius 2 is 2.11 bits per heavy atom. The van der Waals surface area contributed by atoms with E-state index in [9.17, 15) is 9.90 Å². The molecule has 0 radical (unpaired) electrons. The van der Waals surface area contributed by atoms with Gasteiger partial charge in [-0.3, -0.25) is 4.79 Å². The first-order valence-corrected chi connectivity index (χ1v) is 7.51. The van der Waals surface area contributed by atoms with Gasteiger partial charge >= 0.3 is 0 Å². The maximum Gasteiger partial charge on any atom is 0.257 e. The van der Waals surface area contributed by atoms with Crippen molar-refractivity contribution in [3.05, 3.63) is 29.8 Å². The first-order chi connectivity index (χ1) is 8.74. The highest BCUT2D eigenvalue weighted by atomic mass is 79.9. The predicted octanol–water partition coefficient (Wildman–Crippen LogP) is 3.17. The molecule has 0 saturated carbocycles. The number of rotatable bonds is 2. The zero-order valence-electron chi connectivity index (χ0n) is 10.3. The van der Waals surface area contributed by atoms with Crippen molar-refractivity contribution in [3.8, 4) is 5.75 Å². The number of aromatic hydroxyl groups is 1. The largest absolute Gasteiger partial charge is 0.507 e. The molecule has 18 heavy (non-hydrogen) atoms. The number of benzene rings is 1. The third kappa shape index (κ3) is 2.86. The summed E-state index contributed by atoms with van der Waals surface area (Å²) in [6, 6.07) is 7.01. The lowest BCUT2D eigenvalue weighted by molar-refractivity contribution is 0.0699. The fraction of sp³-hybridized carbons (Fsp3) is 0.500. The van der Waals surface area contributed by atoms with E-state index in [2.05, 4.69) is 15.9 Å². The van der Waals surface area contributed by atoms with E-state index in [1.54, 1.807) is 24.3 Å². The molecule has 3 nitrogen and oxygen atoms in total. The number of phenols is 1. The van der Waals surface area contributed by atoms with Crippen LogP contribution in [0.15, 0.2) is 24.3 Å². The van der Waals surface area contributed by atoms with Crippen molar-refractivity contribution < 1.29 is 9.90 Å². The van der Waals surface area contributed by atoms with Gasteiger partial charge in [-0.2, -0.15) is 0 Å². The van der Waals surface area contributed by atoms with Gasteiger partial charge in [0.25, 0.3) is 5.91 Å². The van der Waals surface area contributed by atoms with Crippen LogP contribution in [-0.2, 0) is 0 Å². The Hall–Kier alpha value is -1.03. The predicted molar refractivity (Wildman–Crippen MR) is 75.2 cm³/mol. The molecule has 98 valence electrons. The minimum atomic E-state index is -0.0561. The van der Waals surface area contributed by atoms with Crippen LogP contribution in [0.5, 0.6) is 5.75 Å². The van der Waals surface area contributed by atoms with E-state index >= 15 is 0 Å². The van der Waals surface area contributed by atoms with Gasteiger partial charge in [-0.25, -0.2) is 0 Å². The van der Waals surface area contributed by atoms with Gasteiger partial charge < -0.3 is 10.0 Å². The summed E-state index contributed by atoms with van der Waals surface area (Å²) < 4.78 is 0. The van der Waals surface area contributed by atoms with Crippen molar-refractivity contribution in [1.29, 1.82) is 0 Å². The van der Waals surface area contributed by atoms with Gasteiger partial charge in [-0.15, -0.1) is 0 Å². The summed E-state index contributed by atoms with van der Waals surface area (Å²) in [5, 5.41) is 10.6. The van der Waals surface area contributed by atoms with Crippen LogP contribution in [0.25, 0.3) is 0 Å². The zero-order valence-corrected chi connectivity index (χ0v) is 11.9. The first-order valence-electron chi connectivity index (χ1n) is 6.39. The topological polar surface area (TPSA) is 40.5 Å². The Morgan fingerprint density at radius 3 is 2.83 bits per heavy atom. The molecule has 1 N–H and O–H groups in total. The van der Waals surface area contributed by atoms with Gasteiger partial charge in [0.2, 0.25) is 0 Å². The molecular formula is C14H18BrNO2. The number of para-hydroxylation sites is 1. The molecule has 1 atom stereocenters. The van der Waals surface area contributed by atoms with Crippen molar-refractivity contribution in [2.75, 3.05) is 11.9 Å².